The largest absolute Gasteiger partial charge is 0.493 e. The molecule has 2 aromatic carbocycles. The highest BCUT2D eigenvalue weighted by Gasteiger charge is 2.36. The molecular weight excluding hydrogens is 512 g/mol. The normalized spacial score (nSPS) is 14.1. The van der Waals surface area contributed by atoms with Gasteiger partial charge >= 0.3 is 5.97 Å². The molecule has 0 saturated heterocycles. The second-order valence-corrected chi connectivity index (χ2v) is 9.39. The number of rotatable bonds is 10. The summed E-state index contributed by atoms with van der Waals surface area (Å²) in [5, 5.41) is 3.17. The van der Waals surface area contributed by atoms with E-state index in [0.717, 1.165) is 32.1 Å². The monoisotopic (exact) mass is 546 g/mol. The number of carbonyl (C=O) groups excluding carboxylic acids is 3. The van der Waals surface area contributed by atoms with Gasteiger partial charge in [-0.15, -0.1) is 0 Å². The molecule has 4 rings (SSSR count). The Balaban J connectivity index is 1.84. The van der Waals surface area contributed by atoms with Crippen LogP contribution in [-0.4, -0.2) is 54.6 Å². The summed E-state index contributed by atoms with van der Waals surface area (Å²) in [6, 6.07) is 10.4. The third-order valence-electron chi connectivity index (χ3n) is 6.84. The number of hydrogen-bond acceptors (Lipinski definition) is 8. The molecule has 1 N–H and O–H groups in total. The minimum Gasteiger partial charge on any atom is -0.493 e. The molecule has 1 heterocycles. The number of hydrogen-bond donors (Lipinski definition) is 1. The van der Waals surface area contributed by atoms with E-state index in [9.17, 15) is 14.4 Å². The molecule has 10 nitrogen and oxygen atoms in total. The van der Waals surface area contributed by atoms with Crippen molar-refractivity contribution >= 4 is 23.5 Å². The molecule has 0 radical (unpaired) electrons. The molecular formula is C30H34N4O6. The number of methoxy groups -OCH3 is 2. The summed E-state index contributed by atoms with van der Waals surface area (Å²) in [6.07, 6.45) is 9.18. The zero-order chi connectivity index (χ0) is 28.5. The first-order valence-electron chi connectivity index (χ1n) is 13.4. The van der Waals surface area contributed by atoms with Gasteiger partial charge in [0.05, 0.1) is 32.6 Å². The number of esters is 1. The Bertz CT molecular complexity index is 1310. The first-order chi connectivity index (χ1) is 19.5. The maximum atomic E-state index is 14.1. The quantitative estimate of drug-likeness (QED) is 0.369. The molecule has 0 bridgehead atoms. The third-order valence-corrected chi connectivity index (χ3v) is 6.84. The van der Waals surface area contributed by atoms with Crippen LogP contribution >= 0.6 is 0 Å². The van der Waals surface area contributed by atoms with Gasteiger partial charge in [-0.05, 0) is 61.7 Å². The Morgan fingerprint density at radius 1 is 0.975 bits per heavy atom. The topological polar surface area (TPSA) is 120 Å². The summed E-state index contributed by atoms with van der Waals surface area (Å²) in [6.45, 7) is 1.97. The number of anilines is 1. The van der Waals surface area contributed by atoms with Gasteiger partial charge in [0.15, 0.2) is 11.5 Å². The molecule has 40 heavy (non-hydrogen) atoms. The Morgan fingerprint density at radius 2 is 1.70 bits per heavy atom. The summed E-state index contributed by atoms with van der Waals surface area (Å²) in [4.78, 5) is 50.1. The molecule has 1 fully saturated rings. The van der Waals surface area contributed by atoms with Gasteiger partial charge in [-0.1, -0.05) is 25.3 Å². The lowest BCUT2D eigenvalue weighted by Crippen LogP contribution is -2.47. The Labute approximate surface area is 233 Å². The van der Waals surface area contributed by atoms with Crippen molar-refractivity contribution in [3.8, 4) is 11.5 Å². The van der Waals surface area contributed by atoms with E-state index in [1.165, 1.54) is 37.7 Å². The van der Waals surface area contributed by atoms with Gasteiger partial charge in [0.2, 0.25) is 5.91 Å². The van der Waals surface area contributed by atoms with E-state index >= 15 is 0 Å². The van der Waals surface area contributed by atoms with Crippen LogP contribution in [0, 0.1) is 0 Å². The zero-order valence-electron chi connectivity index (χ0n) is 23.0. The van der Waals surface area contributed by atoms with E-state index in [4.69, 9.17) is 14.2 Å². The fourth-order valence-electron chi connectivity index (χ4n) is 4.86. The predicted octanol–water partition coefficient (Wildman–Crippen LogP) is 4.51. The zero-order valence-corrected chi connectivity index (χ0v) is 23.0. The van der Waals surface area contributed by atoms with E-state index < -0.39 is 17.9 Å². The molecule has 1 aliphatic carbocycles. The SMILES string of the molecule is CCOC(=O)c1ccc(N(C(=O)c2cnccn2)[C@H](C(=O)NC2CCCCC2)c2ccc(OC)c(OC)c2)cc1. The van der Waals surface area contributed by atoms with Crippen molar-refractivity contribution in [3.05, 3.63) is 77.9 Å². The van der Waals surface area contributed by atoms with Crippen molar-refractivity contribution in [2.24, 2.45) is 0 Å². The van der Waals surface area contributed by atoms with E-state index in [1.807, 2.05) is 0 Å². The molecule has 3 aromatic rings. The van der Waals surface area contributed by atoms with Crippen molar-refractivity contribution in [2.45, 2.75) is 51.1 Å². The summed E-state index contributed by atoms with van der Waals surface area (Å²) < 4.78 is 16.0. The van der Waals surface area contributed by atoms with Crippen LogP contribution in [0.25, 0.3) is 0 Å². The van der Waals surface area contributed by atoms with Gasteiger partial charge in [-0.2, -0.15) is 0 Å². The van der Waals surface area contributed by atoms with E-state index in [0.29, 0.717) is 28.3 Å². The average Bonchev–Trinajstić information content (AvgIpc) is 3.00. The molecule has 0 aliphatic heterocycles. The van der Waals surface area contributed by atoms with Crippen LogP contribution in [0.5, 0.6) is 11.5 Å². The van der Waals surface area contributed by atoms with Crippen molar-refractivity contribution in [2.75, 3.05) is 25.7 Å². The molecule has 0 unspecified atom stereocenters. The van der Waals surface area contributed by atoms with Crippen molar-refractivity contribution in [3.63, 3.8) is 0 Å². The Hall–Kier alpha value is -4.47. The third kappa shape index (κ3) is 6.56. The standard InChI is InChI=1S/C30H34N4O6/c1-4-40-30(37)20-10-13-23(14-11-20)34(29(36)24-19-31-16-17-32-24)27(28(35)33-22-8-6-5-7-9-22)21-12-15-25(38-2)26(18-21)39-3/h10-19,22,27H,4-9H2,1-3H3,(H,33,35)/t27-/m0/s1. The highest BCUT2D eigenvalue weighted by Crippen LogP contribution is 2.35. The Morgan fingerprint density at radius 3 is 2.33 bits per heavy atom. The lowest BCUT2D eigenvalue weighted by molar-refractivity contribution is -0.123. The first-order valence-corrected chi connectivity index (χ1v) is 13.4. The minimum absolute atomic E-state index is 0.00329. The lowest BCUT2D eigenvalue weighted by atomic mass is 9.94. The summed E-state index contributed by atoms with van der Waals surface area (Å²) in [5.74, 6) is -0.447. The molecule has 10 heteroatoms. The second kappa shape index (κ2) is 13.5. The van der Waals surface area contributed by atoms with E-state index in [1.54, 1.807) is 49.4 Å². The van der Waals surface area contributed by atoms with Gasteiger partial charge in [0.1, 0.15) is 11.7 Å². The number of carbonyl (C=O) groups is 3. The van der Waals surface area contributed by atoms with E-state index in [2.05, 4.69) is 15.3 Å². The van der Waals surface area contributed by atoms with E-state index in [-0.39, 0.29) is 24.2 Å². The minimum atomic E-state index is -1.09. The molecule has 210 valence electrons. The maximum Gasteiger partial charge on any atom is 0.338 e. The molecule has 2 amide bonds. The molecule has 1 saturated carbocycles. The van der Waals surface area contributed by atoms with Gasteiger partial charge in [-0.3, -0.25) is 19.5 Å². The second-order valence-electron chi connectivity index (χ2n) is 9.39. The van der Waals surface area contributed by atoms with Crippen LogP contribution in [0.15, 0.2) is 61.1 Å². The molecule has 1 aromatic heterocycles. The van der Waals surface area contributed by atoms with Gasteiger partial charge < -0.3 is 19.5 Å². The van der Waals surface area contributed by atoms with Crippen LogP contribution in [0.3, 0.4) is 0 Å². The molecule has 1 aliphatic rings. The summed E-state index contributed by atoms with van der Waals surface area (Å²) in [7, 11) is 3.04. The van der Waals surface area contributed by atoms with Gasteiger partial charge in [-0.25, -0.2) is 9.78 Å². The number of aromatic nitrogens is 2. The van der Waals surface area contributed by atoms with Crippen LogP contribution < -0.4 is 19.7 Å². The van der Waals surface area contributed by atoms with Gasteiger partial charge in [0.25, 0.3) is 5.91 Å². The summed E-state index contributed by atoms with van der Waals surface area (Å²) in [5.41, 5.74) is 1.29. The van der Waals surface area contributed by atoms with Crippen molar-refractivity contribution in [1.29, 1.82) is 0 Å². The van der Waals surface area contributed by atoms with Crippen molar-refractivity contribution in [1.82, 2.24) is 15.3 Å². The number of ether oxygens (including phenoxy) is 3. The van der Waals surface area contributed by atoms with Crippen LogP contribution in [-0.2, 0) is 9.53 Å². The molecule has 1 atom stereocenters. The number of nitrogens with one attached hydrogen (secondary N) is 1. The average molecular weight is 547 g/mol. The lowest BCUT2D eigenvalue weighted by Gasteiger charge is -2.33. The van der Waals surface area contributed by atoms with Gasteiger partial charge in [0, 0.05) is 24.1 Å². The van der Waals surface area contributed by atoms with Crippen LogP contribution in [0.2, 0.25) is 0 Å². The first kappa shape index (κ1) is 28.5. The number of benzene rings is 2. The highest BCUT2D eigenvalue weighted by atomic mass is 16.5. The fraction of sp³-hybridized carbons (Fsp3) is 0.367. The smallest absolute Gasteiger partial charge is 0.338 e. The Kier molecular flexibility index (Phi) is 9.66. The van der Waals surface area contributed by atoms with Crippen LogP contribution in [0.4, 0.5) is 5.69 Å². The maximum absolute atomic E-state index is 14.1. The number of amides is 2. The molecule has 0 spiro atoms. The van der Waals surface area contributed by atoms with Crippen molar-refractivity contribution < 1.29 is 28.6 Å². The fourth-order valence-corrected chi connectivity index (χ4v) is 4.86. The number of nitrogens with zero attached hydrogens (tertiary/aromatic N) is 3. The highest BCUT2D eigenvalue weighted by molar-refractivity contribution is 6.09. The predicted molar refractivity (Wildman–Crippen MR) is 149 cm³/mol. The summed E-state index contributed by atoms with van der Waals surface area (Å²) >= 11 is 0. The van der Waals surface area contributed by atoms with Crippen LogP contribution in [0.1, 0.15) is 71.5 Å².